The Morgan fingerprint density at radius 2 is 1.15 bits per heavy atom. The van der Waals surface area contributed by atoms with E-state index in [2.05, 4.69) is 93.4 Å². The molecule has 0 saturated carbocycles. The fraction of sp³-hybridized carbons (Fsp3) is 0.342. The Morgan fingerprint density at radius 3 is 1.65 bits per heavy atom. The molecular weight excluding hydrogens is 572 g/mol. The number of benzene rings is 4. The van der Waals surface area contributed by atoms with E-state index in [0.717, 1.165) is 84.3 Å². The molecule has 238 valence electrons. The maximum absolute atomic E-state index is 11.8. The Morgan fingerprint density at radius 1 is 0.674 bits per heavy atom. The molecule has 46 heavy (non-hydrogen) atoms. The van der Waals surface area contributed by atoms with Crippen molar-refractivity contribution in [2.45, 2.75) is 64.9 Å². The Balaban J connectivity index is 1.10. The molecule has 2 aromatic heterocycles. The van der Waals surface area contributed by atoms with E-state index in [9.17, 15) is 4.79 Å². The minimum absolute atomic E-state index is 0.370. The number of hydrogen-bond donors (Lipinski definition) is 4. The van der Waals surface area contributed by atoms with E-state index in [0.29, 0.717) is 6.54 Å². The molecule has 2 heterocycles. The van der Waals surface area contributed by atoms with Crippen LogP contribution in [0.15, 0.2) is 72.8 Å². The molecule has 0 bridgehead atoms. The molecule has 0 saturated heterocycles. The van der Waals surface area contributed by atoms with E-state index in [1.165, 1.54) is 27.5 Å². The van der Waals surface area contributed by atoms with Gasteiger partial charge in [-0.05, 0) is 129 Å². The Labute approximate surface area is 270 Å². The topological polar surface area (TPSA) is 108 Å². The summed E-state index contributed by atoms with van der Waals surface area (Å²) in [4.78, 5) is 28.4. The molecule has 0 spiro atoms. The summed E-state index contributed by atoms with van der Waals surface area (Å²) in [6, 6.07) is 26.2. The lowest BCUT2D eigenvalue weighted by atomic mass is 9.97. The van der Waals surface area contributed by atoms with Gasteiger partial charge in [0.05, 0.1) is 22.1 Å². The molecule has 0 aliphatic rings. The molecular formula is C38H44N6O2. The second-order valence-electron chi connectivity index (χ2n) is 13.1. The van der Waals surface area contributed by atoms with Crippen molar-refractivity contribution in [3.8, 4) is 22.3 Å². The van der Waals surface area contributed by atoms with Crippen LogP contribution >= 0.6 is 0 Å². The van der Waals surface area contributed by atoms with Gasteiger partial charge in [0.2, 0.25) is 0 Å². The van der Waals surface area contributed by atoms with Crippen molar-refractivity contribution in [2.75, 3.05) is 20.1 Å². The summed E-state index contributed by atoms with van der Waals surface area (Å²) in [6.07, 6.45) is 5.47. The molecule has 0 aliphatic carbocycles. The summed E-state index contributed by atoms with van der Waals surface area (Å²) in [5.74, 6) is 2.02. The Kier molecular flexibility index (Phi) is 9.35. The number of carbonyl (C=O) groups is 1. The Bertz CT molecular complexity index is 1970. The second kappa shape index (κ2) is 13.7. The highest BCUT2D eigenvalue weighted by atomic mass is 16.6. The first-order chi connectivity index (χ1) is 22.2. The van der Waals surface area contributed by atoms with Crippen molar-refractivity contribution in [3.63, 3.8) is 0 Å². The zero-order valence-corrected chi connectivity index (χ0v) is 27.3. The highest BCUT2D eigenvalue weighted by molar-refractivity contribution is 5.93. The third kappa shape index (κ3) is 7.74. The van der Waals surface area contributed by atoms with Crippen LogP contribution in [0.3, 0.4) is 0 Å². The fourth-order valence-corrected chi connectivity index (χ4v) is 5.84. The van der Waals surface area contributed by atoms with Gasteiger partial charge in [0, 0.05) is 19.4 Å². The number of fused-ring (bicyclic) bond motifs is 3. The first-order valence-electron chi connectivity index (χ1n) is 16.4. The minimum Gasteiger partial charge on any atom is -0.444 e. The molecule has 4 aromatic carbocycles. The van der Waals surface area contributed by atoms with E-state index in [-0.39, 0.29) is 6.09 Å². The monoisotopic (exact) mass is 616 g/mol. The summed E-state index contributed by atoms with van der Waals surface area (Å²) in [7, 11) is 1.99. The number of alkyl carbamates (subject to hydrolysis) is 1. The summed E-state index contributed by atoms with van der Waals surface area (Å²) in [5.41, 5.74) is 8.33. The molecule has 0 radical (unpaired) electrons. The molecule has 0 unspecified atom stereocenters. The number of carbonyl (C=O) groups excluding carboxylic acids is 1. The number of hydrogen-bond acceptors (Lipinski definition) is 5. The van der Waals surface area contributed by atoms with Crippen LogP contribution in [-0.4, -0.2) is 51.8 Å². The summed E-state index contributed by atoms with van der Waals surface area (Å²) in [6.45, 7) is 7.21. The van der Waals surface area contributed by atoms with Gasteiger partial charge >= 0.3 is 6.09 Å². The van der Waals surface area contributed by atoms with Crippen molar-refractivity contribution in [3.05, 3.63) is 84.4 Å². The van der Waals surface area contributed by atoms with Crippen molar-refractivity contribution < 1.29 is 9.53 Å². The molecule has 6 rings (SSSR count). The van der Waals surface area contributed by atoms with Crippen LogP contribution in [-0.2, 0) is 17.6 Å². The third-order valence-electron chi connectivity index (χ3n) is 8.17. The van der Waals surface area contributed by atoms with E-state index in [4.69, 9.17) is 14.7 Å². The highest BCUT2D eigenvalue weighted by Gasteiger charge is 2.15. The lowest BCUT2D eigenvalue weighted by Gasteiger charge is -2.19. The quantitative estimate of drug-likeness (QED) is 0.103. The largest absolute Gasteiger partial charge is 0.444 e. The van der Waals surface area contributed by atoms with Crippen LogP contribution in [0.4, 0.5) is 4.79 Å². The molecule has 8 nitrogen and oxygen atoms in total. The molecule has 0 fully saturated rings. The SMILES string of the molecule is CNCCCCc1nc2ccc(-c3ccc4cc(-c5ccc6nc(CCCCNC(=O)OC(C)(C)C)[nH]c6c5)ccc4c3)cc2[nH]1. The van der Waals surface area contributed by atoms with Gasteiger partial charge in [0.1, 0.15) is 17.2 Å². The number of nitrogens with one attached hydrogen (secondary N) is 4. The predicted octanol–water partition coefficient (Wildman–Crippen LogP) is 8.32. The van der Waals surface area contributed by atoms with Gasteiger partial charge in [-0.1, -0.05) is 36.4 Å². The summed E-state index contributed by atoms with van der Waals surface area (Å²) >= 11 is 0. The van der Waals surface area contributed by atoms with Crippen LogP contribution in [0.5, 0.6) is 0 Å². The average molecular weight is 617 g/mol. The van der Waals surface area contributed by atoms with Crippen LogP contribution in [0.1, 0.15) is 58.1 Å². The van der Waals surface area contributed by atoms with E-state index in [1.807, 2.05) is 27.8 Å². The van der Waals surface area contributed by atoms with E-state index >= 15 is 0 Å². The number of ether oxygens (including phenoxy) is 1. The molecule has 1 amide bonds. The maximum atomic E-state index is 11.8. The lowest BCUT2D eigenvalue weighted by molar-refractivity contribution is 0.0527. The number of nitrogens with zero attached hydrogens (tertiary/aromatic N) is 2. The zero-order valence-electron chi connectivity index (χ0n) is 27.3. The lowest BCUT2D eigenvalue weighted by Crippen LogP contribution is -2.33. The first-order valence-corrected chi connectivity index (χ1v) is 16.4. The average Bonchev–Trinajstić information content (AvgIpc) is 3.64. The normalized spacial score (nSPS) is 11.9. The van der Waals surface area contributed by atoms with Gasteiger partial charge in [-0.2, -0.15) is 0 Å². The van der Waals surface area contributed by atoms with Crippen molar-refractivity contribution in [2.24, 2.45) is 0 Å². The van der Waals surface area contributed by atoms with Gasteiger partial charge in [0.25, 0.3) is 0 Å². The first kappa shape index (κ1) is 31.3. The number of rotatable bonds is 12. The fourth-order valence-electron chi connectivity index (χ4n) is 5.84. The molecule has 0 aliphatic heterocycles. The van der Waals surface area contributed by atoms with Gasteiger partial charge in [-0.3, -0.25) is 0 Å². The van der Waals surface area contributed by atoms with Crippen molar-refractivity contribution in [1.82, 2.24) is 30.6 Å². The molecule has 8 heteroatoms. The van der Waals surface area contributed by atoms with Crippen LogP contribution in [0.2, 0.25) is 0 Å². The van der Waals surface area contributed by atoms with Crippen LogP contribution in [0.25, 0.3) is 55.1 Å². The minimum atomic E-state index is -0.485. The third-order valence-corrected chi connectivity index (χ3v) is 8.17. The summed E-state index contributed by atoms with van der Waals surface area (Å²) < 4.78 is 5.29. The Hall–Kier alpha value is -4.69. The van der Waals surface area contributed by atoms with Gasteiger partial charge in [-0.15, -0.1) is 0 Å². The van der Waals surface area contributed by atoms with Crippen molar-refractivity contribution in [1.29, 1.82) is 0 Å². The molecule has 0 atom stereocenters. The number of aromatic amines is 2. The smallest absolute Gasteiger partial charge is 0.407 e. The number of imidazole rings is 2. The van der Waals surface area contributed by atoms with Crippen LogP contribution in [0, 0.1) is 0 Å². The molecule has 6 aromatic rings. The highest BCUT2D eigenvalue weighted by Crippen LogP contribution is 2.31. The number of amides is 1. The summed E-state index contributed by atoms with van der Waals surface area (Å²) in [5, 5.41) is 8.44. The van der Waals surface area contributed by atoms with Gasteiger partial charge < -0.3 is 25.3 Å². The number of aromatic nitrogens is 4. The van der Waals surface area contributed by atoms with Gasteiger partial charge in [-0.25, -0.2) is 14.8 Å². The number of aryl methyl sites for hydroxylation is 2. The zero-order chi connectivity index (χ0) is 32.1. The second-order valence-corrected chi connectivity index (χ2v) is 13.1. The van der Waals surface area contributed by atoms with E-state index in [1.54, 1.807) is 0 Å². The maximum Gasteiger partial charge on any atom is 0.407 e. The molecule has 4 N–H and O–H groups in total. The number of unbranched alkanes of at least 4 members (excludes halogenated alkanes) is 2. The number of H-pyrrole nitrogens is 2. The van der Waals surface area contributed by atoms with Gasteiger partial charge in [0.15, 0.2) is 0 Å². The van der Waals surface area contributed by atoms with Crippen molar-refractivity contribution >= 4 is 38.9 Å². The van der Waals surface area contributed by atoms with E-state index < -0.39 is 5.60 Å². The van der Waals surface area contributed by atoms with Crippen LogP contribution < -0.4 is 10.6 Å². The standard InChI is InChI=1S/C38H44N6O2/c1-38(2,3)46-37(45)40-20-8-6-10-36-42-32-18-16-30(24-34(32)44-36)28-14-12-25-21-27(13-11-26(25)22-28)29-15-17-31-33(23-29)43-35(41-31)9-5-7-19-39-4/h11-18,21-24,39H,5-10,19-20H2,1-4H3,(H,40,45)(H,41,43)(H,42,44). The predicted molar refractivity (Wildman–Crippen MR) is 188 cm³/mol.